The fraction of sp³-hybridized carbons (Fsp3) is 0.438. The molecular weight excluding hydrogens is 250 g/mol. The molecule has 0 spiro atoms. The van der Waals surface area contributed by atoms with Crippen molar-refractivity contribution in [3.63, 3.8) is 0 Å². The average Bonchev–Trinajstić information content (AvgIpc) is 3.09. The van der Waals surface area contributed by atoms with Crippen molar-refractivity contribution < 1.29 is 4.74 Å². The molecule has 4 heteroatoms. The van der Waals surface area contributed by atoms with Crippen molar-refractivity contribution in [1.29, 1.82) is 0 Å². The van der Waals surface area contributed by atoms with E-state index in [0.717, 1.165) is 50.4 Å². The Morgan fingerprint density at radius 2 is 2.15 bits per heavy atom. The maximum atomic E-state index is 6.07. The fourth-order valence-electron chi connectivity index (χ4n) is 2.72. The molecule has 3 rings (SSSR count). The number of ether oxygens (including phenoxy) is 1. The van der Waals surface area contributed by atoms with E-state index in [4.69, 9.17) is 10.5 Å². The summed E-state index contributed by atoms with van der Waals surface area (Å²) in [6.45, 7) is 2.49. The number of nitrogens with two attached hydrogens (primary N) is 1. The molecule has 0 radical (unpaired) electrons. The van der Waals surface area contributed by atoms with Crippen LogP contribution in [0.25, 0.3) is 0 Å². The molecule has 106 valence electrons. The van der Waals surface area contributed by atoms with Crippen LogP contribution in [0, 0.1) is 0 Å². The van der Waals surface area contributed by atoms with Gasteiger partial charge in [-0.05, 0) is 24.8 Å². The summed E-state index contributed by atoms with van der Waals surface area (Å²) in [5.74, 6) is 0.380. The molecule has 0 saturated carbocycles. The second-order valence-electron chi connectivity index (χ2n) is 5.38. The van der Waals surface area contributed by atoms with Gasteiger partial charge in [0.15, 0.2) is 0 Å². The van der Waals surface area contributed by atoms with E-state index in [9.17, 15) is 0 Å². The van der Waals surface area contributed by atoms with E-state index in [1.54, 1.807) is 0 Å². The smallest absolute Gasteiger partial charge is 0.0908 e. The van der Waals surface area contributed by atoms with Crippen LogP contribution in [0.1, 0.15) is 30.0 Å². The Morgan fingerprint density at radius 1 is 1.30 bits per heavy atom. The highest BCUT2D eigenvalue weighted by Crippen LogP contribution is 2.28. The Labute approximate surface area is 119 Å². The van der Waals surface area contributed by atoms with Crippen molar-refractivity contribution in [3.05, 3.63) is 47.8 Å². The van der Waals surface area contributed by atoms with Gasteiger partial charge in [-0.2, -0.15) is 5.10 Å². The molecule has 4 nitrogen and oxygen atoms in total. The van der Waals surface area contributed by atoms with E-state index in [1.807, 2.05) is 16.9 Å². The summed E-state index contributed by atoms with van der Waals surface area (Å²) in [5.41, 5.74) is 9.26. The third-order valence-electron chi connectivity index (χ3n) is 3.83. The lowest BCUT2D eigenvalue weighted by atomic mass is 10.0. The van der Waals surface area contributed by atoms with Crippen LogP contribution in [0.2, 0.25) is 0 Å². The number of hydrogen-bond acceptors (Lipinski definition) is 3. The molecule has 1 aromatic heterocycles. The average molecular weight is 271 g/mol. The molecule has 0 bridgehead atoms. The van der Waals surface area contributed by atoms with Crippen molar-refractivity contribution >= 4 is 5.69 Å². The minimum absolute atomic E-state index is 0.380. The van der Waals surface area contributed by atoms with Gasteiger partial charge in [0.05, 0.1) is 18.0 Å². The van der Waals surface area contributed by atoms with E-state index in [2.05, 4.69) is 29.4 Å². The molecule has 2 N–H and O–H groups in total. The van der Waals surface area contributed by atoms with Crippen LogP contribution in [0.5, 0.6) is 0 Å². The number of aromatic nitrogens is 2. The number of aryl methyl sites for hydroxylation is 2. The molecule has 1 atom stereocenters. The first-order chi connectivity index (χ1) is 9.83. The minimum atomic E-state index is 0.380. The molecule has 2 aromatic rings. The first-order valence-corrected chi connectivity index (χ1v) is 7.27. The third kappa shape index (κ3) is 3.02. The van der Waals surface area contributed by atoms with Crippen LogP contribution in [0.4, 0.5) is 5.69 Å². The number of benzene rings is 1. The van der Waals surface area contributed by atoms with Crippen molar-refractivity contribution in [1.82, 2.24) is 9.78 Å². The number of hydrogen-bond donors (Lipinski definition) is 1. The highest BCUT2D eigenvalue weighted by atomic mass is 16.5. The first kappa shape index (κ1) is 13.2. The van der Waals surface area contributed by atoms with Gasteiger partial charge in [-0.1, -0.05) is 30.3 Å². The van der Waals surface area contributed by atoms with Gasteiger partial charge < -0.3 is 10.5 Å². The van der Waals surface area contributed by atoms with Crippen LogP contribution in [-0.4, -0.2) is 23.0 Å². The monoisotopic (exact) mass is 271 g/mol. The zero-order chi connectivity index (χ0) is 13.8. The standard InChI is InChI=1S/C16H21N3O/c17-15-11-19(18-16(15)14-8-10-20-12-14)9-4-7-13-5-2-1-3-6-13/h1-3,5-6,11,14H,4,7-10,12,17H2. The molecule has 1 aromatic carbocycles. The Hall–Kier alpha value is -1.81. The molecule has 0 aliphatic carbocycles. The van der Waals surface area contributed by atoms with Gasteiger partial charge in [0.2, 0.25) is 0 Å². The summed E-state index contributed by atoms with van der Waals surface area (Å²) >= 11 is 0. The predicted molar refractivity (Wildman–Crippen MR) is 79.6 cm³/mol. The SMILES string of the molecule is Nc1cn(CCCc2ccccc2)nc1C1CCOC1. The van der Waals surface area contributed by atoms with Gasteiger partial charge in [-0.3, -0.25) is 4.68 Å². The second kappa shape index (κ2) is 6.09. The van der Waals surface area contributed by atoms with Crippen molar-refractivity contribution in [2.24, 2.45) is 0 Å². The quantitative estimate of drug-likeness (QED) is 0.909. The minimum Gasteiger partial charge on any atom is -0.396 e. The van der Waals surface area contributed by atoms with Gasteiger partial charge in [0.25, 0.3) is 0 Å². The maximum Gasteiger partial charge on any atom is 0.0908 e. The summed E-state index contributed by atoms with van der Waals surface area (Å²) < 4.78 is 7.39. The molecule has 2 heterocycles. The lowest BCUT2D eigenvalue weighted by molar-refractivity contribution is 0.193. The lowest BCUT2D eigenvalue weighted by Crippen LogP contribution is -2.04. The lowest BCUT2D eigenvalue weighted by Gasteiger charge is -2.04. The molecular formula is C16H21N3O. The number of rotatable bonds is 5. The van der Waals surface area contributed by atoms with Gasteiger partial charge in [-0.15, -0.1) is 0 Å². The highest BCUT2D eigenvalue weighted by Gasteiger charge is 2.22. The molecule has 1 saturated heterocycles. The van der Waals surface area contributed by atoms with Crippen LogP contribution in [-0.2, 0) is 17.7 Å². The van der Waals surface area contributed by atoms with E-state index < -0.39 is 0 Å². The zero-order valence-corrected chi connectivity index (χ0v) is 11.7. The van der Waals surface area contributed by atoms with Gasteiger partial charge >= 0.3 is 0 Å². The number of nitrogen functional groups attached to an aromatic ring is 1. The van der Waals surface area contributed by atoms with Gasteiger partial charge in [0, 0.05) is 25.3 Å². The normalized spacial score (nSPS) is 18.5. The fourth-order valence-corrected chi connectivity index (χ4v) is 2.72. The van der Waals surface area contributed by atoms with E-state index >= 15 is 0 Å². The largest absolute Gasteiger partial charge is 0.396 e. The summed E-state index contributed by atoms with van der Waals surface area (Å²) in [6, 6.07) is 10.5. The second-order valence-corrected chi connectivity index (χ2v) is 5.38. The van der Waals surface area contributed by atoms with E-state index in [0.29, 0.717) is 5.92 Å². The Morgan fingerprint density at radius 3 is 2.90 bits per heavy atom. The van der Waals surface area contributed by atoms with Crippen LogP contribution in [0.15, 0.2) is 36.5 Å². The van der Waals surface area contributed by atoms with Crippen LogP contribution >= 0.6 is 0 Å². The Balaban J connectivity index is 1.56. The zero-order valence-electron chi connectivity index (χ0n) is 11.7. The topological polar surface area (TPSA) is 53.1 Å². The van der Waals surface area contributed by atoms with Crippen LogP contribution < -0.4 is 5.73 Å². The third-order valence-corrected chi connectivity index (χ3v) is 3.83. The Kier molecular flexibility index (Phi) is 4.02. The van der Waals surface area contributed by atoms with E-state index in [-0.39, 0.29) is 0 Å². The summed E-state index contributed by atoms with van der Waals surface area (Å²) in [5, 5.41) is 4.63. The Bertz CT molecular complexity index is 544. The maximum absolute atomic E-state index is 6.07. The first-order valence-electron chi connectivity index (χ1n) is 7.27. The number of anilines is 1. The van der Waals surface area contributed by atoms with Gasteiger partial charge in [0.1, 0.15) is 0 Å². The highest BCUT2D eigenvalue weighted by molar-refractivity contribution is 5.43. The number of nitrogens with zero attached hydrogens (tertiary/aromatic N) is 2. The summed E-state index contributed by atoms with van der Waals surface area (Å²) in [6.07, 6.45) is 5.14. The molecule has 1 unspecified atom stereocenters. The van der Waals surface area contributed by atoms with Crippen molar-refractivity contribution in [3.8, 4) is 0 Å². The molecule has 1 fully saturated rings. The molecule has 1 aliphatic heterocycles. The molecule has 0 amide bonds. The predicted octanol–water partition coefficient (Wildman–Crippen LogP) is 2.60. The summed E-state index contributed by atoms with van der Waals surface area (Å²) in [7, 11) is 0. The van der Waals surface area contributed by atoms with Crippen molar-refractivity contribution in [2.45, 2.75) is 31.7 Å². The molecule has 20 heavy (non-hydrogen) atoms. The molecule has 1 aliphatic rings. The van der Waals surface area contributed by atoms with Crippen LogP contribution in [0.3, 0.4) is 0 Å². The van der Waals surface area contributed by atoms with Gasteiger partial charge in [-0.25, -0.2) is 0 Å². The van der Waals surface area contributed by atoms with E-state index in [1.165, 1.54) is 5.56 Å². The van der Waals surface area contributed by atoms with Crippen molar-refractivity contribution in [2.75, 3.05) is 18.9 Å². The summed E-state index contributed by atoms with van der Waals surface area (Å²) in [4.78, 5) is 0.